The molecule has 0 amide bonds. The molecule has 0 saturated carbocycles. The molecule has 0 bridgehead atoms. The molecule has 0 atom stereocenters. The SMILES string of the molecule is CCC(=O)O[SH]1CCCCC1. The van der Waals surface area contributed by atoms with Crippen LogP contribution >= 0.6 is 11.2 Å². The van der Waals surface area contributed by atoms with Crippen LogP contribution in [-0.4, -0.2) is 17.5 Å². The number of thiol groups is 1. The third-order valence-electron chi connectivity index (χ3n) is 1.83. The molecule has 0 aromatic heterocycles. The van der Waals surface area contributed by atoms with Gasteiger partial charge in [-0.25, -0.2) is 0 Å². The Bertz CT molecular complexity index is 130. The summed E-state index contributed by atoms with van der Waals surface area (Å²) < 4.78 is 5.27. The van der Waals surface area contributed by atoms with Crippen molar-refractivity contribution in [3.8, 4) is 0 Å². The van der Waals surface area contributed by atoms with Gasteiger partial charge in [-0.2, -0.15) is 0 Å². The second-order valence-corrected chi connectivity index (χ2v) is 4.85. The average Bonchev–Trinajstić information content (AvgIpc) is 2.06. The standard InChI is InChI=1S/C8H16O2S/c1-2-8(9)10-11-6-4-3-5-7-11/h11H,2-7H2,1H3. The smallest absolute Gasteiger partial charge is 0.315 e. The van der Waals surface area contributed by atoms with Crippen LogP contribution in [-0.2, 0) is 8.98 Å². The molecule has 3 heteroatoms. The highest BCUT2D eigenvalue weighted by atomic mass is 32.2. The number of carbonyl (C=O) groups excluding carboxylic acids is 1. The quantitative estimate of drug-likeness (QED) is 0.652. The minimum Gasteiger partial charge on any atom is -0.418 e. The molecule has 0 aromatic rings. The molecule has 1 fully saturated rings. The van der Waals surface area contributed by atoms with Gasteiger partial charge in [0.25, 0.3) is 0 Å². The zero-order valence-corrected chi connectivity index (χ0v) is 7.90. The van der Waals surface area contributed by atoms with E-state index in [0.717, 1.165) is 11.5 Å². The summed E-state index contributed by atoms with van der Waals surface area (Å²) in [5, 5.41) is 0. The van der Waals surface area contributed by atoms with E-state index in [9.17, 15) is 4.79 Å². The molecule has 1 rings (SSSR count). The molecular weight excluding hydrogens is 160 g/mol. The average molecular weight is 176 g/mol. The summed E-state index contributed by atoms with van der Waals surface area (Å²) in [4.78, 5) is 10.9. The van der Waals surface area contributed by atoms with Crippen molar-refractivity contribution in [1.29, 1.82) is 0 Å². The summed E-state index contributed by atoms with van der Waals surface area (Å²) in [5.74, 6) is 2.26. The van der Waals surface area contributed by atoms with Crippen molar-refractivity contribution in [2.24, 2.45) is 0 Å². The number of carbonyl (C=O) groups is 1. The Balaban J connectivity index is 2.19. The lowest BCUT2D eigenvalue weighted by atomic mass is 10.3. The number of hydrogen-bond acceptors (Lipinski definition) is 2. The van der Waals surface area contributed by atoms with E-state index in [1.807, 2.05) is 6.92 Å². The van der Waals surface area contributed by atoms with Gasteiger partial charge in [0.15, 0.2) is 0 Å². The molecule has 11 heavy (non-hydrogen) atoms. The Morgan fingerprint density at radius 1 is 1.36 bits per heavy atom. The number of rotatable bonds is 2. The zero-order chi connectivity index (χ0) is 8.10. The molecule has 0 N–H and O–H groups in total. The van der Waals surface area contributed by atoms with Gasteiger partial charge in [0.2, 0.25) is 0 Å². The van der Waals surface area contributed by atoms with Crippen molar-refractivity contribution in [3.05, 3.63) is 0 Å². The van der Waals surface area contributed by atoms with Gasteiger partial charge in [-0.3, -0.25) is 4.79 Å². The summed E-state index contributed by atoms with van der Waals surface area (Å²) in [5.41, 5.74) is 0. The van der Waals surface area contributed by atoms with Crippen molar-refractivity contribution < 1.29 is 8.98 Å². The highest BCUT2D eigenvalue weighted by Crippen LogP contribution is 2.34. The fraction of sp³-hybridized carbons (Fsp3) is 0.875. The molecule has 0 spiro atoms. The normalized spacial score (nSPS) is 21.4. The first-order valence-electron chi connectivity index (χ1n) is 4.28. The van der Waals surface area contributed by atoms with Gasteiger partial charge in [0.1, 0.15) is 0 Å². The van der Waals surface area contributed by atoms with Gasteiger partial charge in [-0.05, 0) is 12.8 Å². The van der Waals surface area contributed by atoms with Crippen molar-refractivity contribution in [2.45, 2.75) is 32.6 Å². The first-order valence-corrected chi connectivity index (χ1v) is 5.91. The topological polar surface area (TPSA) is 26.3 Å². The summed E-state index contributed by atoms with van der Waals surface area (Å²) in [6, 6.07) is 0. The lowest BCUT2D eigenvalue weighted by Crippen LogP contribution is -2.09. The van der Waals surface area contributed by atoms with Crippen LogP contribution in [0.15, 0.2) is 0 Å². The Kier molecular flexibility index (Phi) is 3.77. The Morgan fingerprint density at radius 2 is 2.00 bits per heavy atom. The van der Waals surface area contributed by atoms with Crippen molar-refractivity contribution in [1.82, 2.24) is 0 Å². The summed E-state index contributed by atoms with van der Waals surface area (Å²) in [6.45, 7) is 1.85. The highest BCUT2D eigenvalue weighted by molar-refractivity contribution is 8.13. The van der Waals surface area contributed by atoms with Crippen LogP contribution in [0.25, 0.3) is 0 Å². The summed E-state index contributed by atoms with van der Waals surface area (Å²) in [6.07, 6.45) is 4.35. The van der Waals surface area contributed by atoms with E-state index < -0.39 is 0 Å². The zero-order valence-electron chi connectivity index (χ0n) is 7.01. The van der Waals surface area contributed by atoms with Gasteiger partial charge >= 0.3 is 5.97 Å². The van der Waals surface area contributed by atoms with Crippen LogP contribution in [0.1, 0.15) is 32.6 Å². The van der Waals surface area contributed by atoms with Crippen LogP contribution in [0.4, 0.5) is 0 Å². The van der Waals surface area contributed by atoms with Gasteiger partial charge in [-0.15, -0.1) is 11.2 Å². The Labute approximate surface area is 70.9 Å². The van der Waals surface area contributed by atoms with E-state index in [0.29, 0.717) is 6.42 Å². The summed E-state index contributed by atoms with van der Waals surface area (Å²) >= 11 is -0.367. The van der Waals surface area contributed by atoms with E-state index >= 15 is 0 Å². The molecule has 1 heterocycles. The molecular formula is C8H16O2S. The maximum Gasteiger partial charge on any atom is 0.315 e. The maximum atomic E-state index is 10.9. The molecule has 1 aliphatic rings. The van der Waals surface area contributed by atoms with Crippen LogP contribution < -0.4 is 0 Å². The molecule has 2 nitrogen and oxygen atoms in total. The first kappa shape index (κ1) is 8.91. The molecule has 66 valence electrons. The fourth-order valence-electron chi connectivity index (χ4n) is 1.16. The van der Waals surface area contributed by atoms with Gasteiger partial charge in [-0.1, -0.05) is 13.3 Å². The van der Waals surface area contributed by atoms with Crippen LogP contribution in [0.2, 0.25) is 0 Å². The van der Waals surface area contributed by atoms with Crippen LogP contribution in [0.3, 0.4) is 0 Å². The molecule has 0 aliphatic carbocycles. The van der Waals surface area contributed by atoms with Gasteiger partial charge in [0.05, 0.1) is 0 Å². The van der Waals surface area contributed by atoms with E-state index in [4.69, 9.17) is 4.18 Å². The largest absolute Gasteiger partial charge is 0.418 e. The fourth-order valence-corrected chi connectivity index (χ4v) is 3.14. The van der Waals surface area contributed by atoms with Crippen molar-refractivity contribution in [2.75, 3.05) is 11.5 Å². The van der Waals surface area contributed by atoms with Gasteiger partial charge < -0.3 is 4.18 Å². The lowest BCUT2D eigenvalue weighted by molar-refractivity contribution is -0.132. The van der Waals surface area contributed by atoms with E-state index in [1.54, 1.807) is 0 Å². The molecule has 1 aliphatic heterocycles. The third kappa shape index (κ3) is 3.14. The van der Waals surface area contributed by atoms with Crippen LogP contribution in [0, 0.1) is 0 Å². The lowest BCUT2D eigenvalue weighted by Gasteiger charge is -2.24. The second kappa shape index (κ2) is 4.65. The Morgan fingerprint density at radius 3 is 2.55 bits per heavy atom. The van der Waals surface area contributed by atoms with Crippen LogP contribution in [0.5, 0.6) is 0 Å². The predicted molar refractivity (Wildman–Crippen MR) is 49.0 cm³/mol. The van der Waals surface area contributed by atoms with E-state index in [2.05, 4.69) is 0 Å². The minimum absolute atomic E-state index is 0.0157. The second-order valence-electron chi connectivity index (χ2n) is 2.81. The first-order chi connectivity index (χ1) is 5.33. The van der Waals surface area contributed by atoms with Gasteiger partial charge in [0, 0.05) is 17.9 Å². The number of hydrogen-bond donors (Lipinski definition) is 1. The van der Waals surface area contributed by atoms with Crippen molar-refractivity contribution >= 4 is 17.1 Å². The monoisotopic (exact) mass is 176 g/mol. The van der Waals surface area contributed by atoms with E-state index in [-0.39, 0.29) is 17.1 Å². The molecule has 0 aromatic carbocycles. The minimum atomic E-state index is -0.367. The maximum absolute atomic E-state index is 10.9. The third-order valence-corrected chi connectivity index (χ3v) is 3.93. The Hall–Kier alpha value is -0.180. The summed E-state index contributed by atoms with van der Waals surface area (Å²) in [7, 11) is 0. The molecule has 1 saturated heterocycles. The molecule has 0 radical (unpaired) electrons. The van der Waals surface area contributed by atoms with E-state index in [1.165, 1.54) is 19.3 Å². The highest BCUT2D eigenvalue weighted by Gasteiger charge is 2.12. The molecule has 0 unspecified atom stereocenters. The predicted octanol–water partition coefficient (Wildman–Crippen LogP) is 2.04. The van der Waals surface area contributed by atoms with Crippen molar-refractivity contribution in [3.63, 3.8) is 0 Å².